The Morgan fingerprint density at radius 1 is 1.09 bits per heavy atom. The van der Waals surface area contributed by atoms with E-state index in [9.17, 15) is 27.9 Å². The normalized spacial score (nSPS) is 17.2. The first-order valence-corrected chi connectivity index (χ1v) is 15.7. The van der Waals surface area contributed by atoms with E-state index in [4.69, 9.17) is 13.8 Å². The molecule has 1 atom stereocenters. The molecule has 1 unspecified atom stereocenters. The molecule has 13 heteroatoms. The summed E-state index contributed by atoms with van der Waals surface area (Å²) in [4.78, 5) is 54.7. The highest BCUT2D eigenvalue weighted by atomic mass is 32.2. The molecule has 240 valence electrons. The van der Waals surface area contributed by atoms with Gasteiger partial charge in [0, 0.05) is 54.7 Å². The largest absolute Gasteiger partial charge is 0.740 e. The molecule has 0 N–H and O–H groups in total. The van der Waals surface area contributed by atoms with E-state index < -0.39 is 40.5 Å². The molecule has 2 aromatic rings. The second kappa shape index (κ2) is 14.6. The number of ether oxygens (including phenoxy) is 1. The molecule has 4 rings (SSSR count). The molecule has 0 saturated carbocycles. The summed E-state index contributed by atoms with van der Waals surface area (Å²) in [6, 6.07) is 8.74. The van der Waals surface area contributed by atoms with Gasteiger partial charge in [-0.15, -0.1) is 5.06 Å². The van der Waals surface area contributed by atoms with Crippen molar-refractivity contribution in [1.82, 2.24) is 5.06 Å². The average molecular weight is 640 g/mol. The summed E-state index contributed by atoms with van der Waals surface area (Å²) in [6.45, 7) is 7.35. The summed E-state index contributed by atoms with van der Waals surface area (Å²) in [6.07, 6.45) is 9.75. The van der Waals surface area contributed by atoms with Crippen molar-refractivity contribution in [1.29, 1.82) is 0 Å². The highest BCUT2D eigenvalue weighted by Crippen LogP contribution is 2.49. The maximum atomic E-state index is 12.2. The van der Waals surface area contributed by atoms with E-state index in [0.29, 0.717) is 36.6 Å². The van der Waals surface area contributed by atoms with Crippen LogP contribution in [0.2, 0.25) is 0 Å². The molecule has 0 spiro atoms. The van der Waals surface area contributed by atoms with Crippen LogP contribution in [-0.2, 0) is 47.3 Å². The molecule has 12 nitrogen and oxygen atoms in total. The zero-order chi connectivity index (χ0) is 32.7. The SMILES string of the molecule is CC[n+]1cc(C(=O)OC)ccc1C=CC=C1N(CCCCCC(=O)ON2C(=O)CCC2=O)c2ccc(OS(=O)[O-])cc2C1(C)C. The number of imide groups is 1. The third-order valence-corrected chi connectivity index (χ3v) is 8.16. The Bertz CT molecular complexity index is 1550. The van der Waals surface area contributed by atoms with Gasteiger partial charge >= 0.3 is 11.9 Å². The van der Waals surface area contributed by atoms with Crippen molar-refractivity contribution in [3.63, 3.8) is 0 Å². The van der Waals surface area contributed by atoms with Gasteiger partial charge in [0.25, 0.3) is 11.8 Å². The Labute approximate surface area is 264 Å². The van der Waals surface area contributed by atoms with Gasteiger partial charge < -0.3 is 23.2 Å². The number of carbonyl (C=O) groups is 4. The van der Waals surface area contributed by atoms with Crippen molar-refractivity contribution in [2.75, 3.05) is 18.6 Å². The second-order valence-electron chi connectivity index (χ2n) is 11.1. The van der Waals surface area contributed by atoms with Gasteiger partial charge in [-0.2, -0.15) is 4.57 Å². The first-order valence-electron chi connectivity index (χ1n) is 14.7. The van der Waals surface area contributed by atoms with E-state index in [1.807, 2.05) is 41.9 Å². The van der Waals surface area contributed by atoms with Crippen molar-refractivity contribution in [2.24, 2.45) is 0 Å². The van der Waals surface area contributed by atoms with Crippen LogP contribution < -0.4 is 13.7 Å². The summed E-state index contributed by atoms with van der Waals surface area (Å²) in [5.74, 6) is -1.82. The van der Waals surface area contributed by atoms with Crippen molar-refractivity contribution in [2.45, 2.75) is 71.3 Å². The van der Waals surface area contributed by atoms with Crippen LogP contribution in [0.25, 0.3) is 6.08 Å². The number of unbranched alkanes of at least 4 members (excludes halogenated alkanes) is 2. The van der Waals surface area contributed by atoms with E-state index in [2.05, 4.69) is 18.7 Å². The number of pyridine rings is 1. The predicted molar refractivity (Wildman–Crippen MR) is 163 cm³/mol. The lowest BCUT2D eigenvalue weighted by atomic mass is 9.83. The third kappa shape index (κ3) is 7.84. The van der Waals surface area contributed by atoms with Crippen LogP contribution in [0.3, 0.4) is 0 Å². The number of nitrogens with zero attached hydrogens (tertiary/aromatic N) is 3. The Morgan fingerprint density at radius 3 is 2.49 bits per heavy atom. The summed E-state index contributed by atoms with van der Waals surface area (Å²) in [5, 5.41) is 0.562. The van der Waals surface area contributed by atoms with E-state index in [1.54, 1.807) is 24.4 Å². The molecule has 3 heterocycles. The fourth-order valence-electron chi connectivity index (χ4n) is 5.51. The van der Waals surface area contributed by atoms with Gasteiger partial charge in [-0.05, 0) is 55.7 Å². The smallest absolute Gasteiger partial charge is 0.343 e. The number of hydrogen-bond donors (Lipinski definition) is 0. The molecule has 1 saturated heterocycles. The molecule has 2 aliphatic rings. The van der Waals surface area contributed by atoms with Crippen LogP contribution in [0.5, 0.6) is 5.75 Å². The van der Waals surface area contributed by atoms with Crippen LogP contribution in [0.4, 0.5) is 5.69 Å². The molecule has 2 aliphatic heterocycles. The summed E-state index contributed by atoms with van der Waals surface area (Å²) < 4.78 is 34.1. The number of esters is 1. The average Bonchev–Trinajstić information content (AvgIpc) is 3.43. The Morgan fingerprint density at radius 2 is 1.82 bits per heavy atom. The number of carbonyl (C=O) groups excluding carboxylic acids is 4. The second-order valence-corrected chi connectivity index (χ2v) is 11.7. The molecule has 1 aromatic carbocycles. The number of amides is 2. The topological polar surface area (TPSA) is 146 Å². The molecule has 2 amide bonds. The standard InChI is InChI=1S/C32H37N3O9S/c1-5-33-21-22(31(39)42-4)13-14-23(33)10-9-11-27-32(2,3)25-20-24(44-45(40)41)15-16-26(25)34(27)19-8-6-7-12-30(38)43-35-28(36)17-18-29(35)37/h9-11,13-16,20-21H,5-8,12,17-19H2,1-4H3. The quantitative estimate of drug-likeness (QED) is 0.104. The van der Waals surface area contributed by atoms with Crippen molar-refractivity contribution < 1.29 is 46.3 Å². The van der Waals surface area contributed by atoms with Gasteiger partial charge in [0.2, 0.25) is 5.69 Å². The van der Waals surface area contributed by atoms with E-state index in [1.165, 1.54) is 7.11 Å². The predicted octanol–water partition coefficient (Wildman–Crippen LogP) is 3.82. The van der Waals surface area contributed by atoms with Gasteiger partial charge in [-0.25, -0.2) is 13.8 Å². The highest BCUT2D eigenvalue weighted by Gasteiger charge is 2.40. The van der Waals surface area contributed by atoms with Crippen LogP contribution in [-0.4, -0.2) is 51.2 Å². The third-order valence-electron chi connectivity index (χ3n) is 7.83. The molecule has 0 bridgehead atoms. The first-order chi connectivity index (χ1) is 21.5. The fraction of sp³-hybridized carbons (Fsp3) is 0.406. The summed E-state index contributed by atoms with van der Waals surface area (Å²) in [5.41, 5.74) is 3.64. The highest BCUT2D eigenvalue weighted by molar-refractivity contribution is 7.74. The number of allylic oxidation sites excluding steroid dienone is 3. The monoisotopic (exact) mass is 639 g/mol. The number of benzene rings is 1. The van der Waals surface area contributed by atoms with E-state index in [-0.39, 0.29) is 25.0 Å². The summed E-state index contributed by atoms with van der Waals surface area (Å²) >= 11 is -2.71. The lowest BCUT2D eigenvalue weighted by Crippen LogP contribution is -2.36. The minimum absolute atomic E-state index is 0.0491. The number of aryl methyl sites for hydroxylation is 1. The van der Waals surface area contributed by atoms with Gasteiger partial charge in [0.05, 0.1) is 7.11 Å². The Kier molecular flexibility index (Phi) is 10.9. The first kappa shape index (κ1) is 33.5. The van der Waals surface area contributed by atoms with Crippen LogP contribution in [0.1, 0.15) is 80.9 Å². The van der Waals surface area contributed by atoms with Gasteiger partial charge in [-0.1, -0.05) is 26.3 Å². The molecular formula is C32H37N3O9S. The number of hydrogen-bond acceptors (Lipinski definition) is 10. The zero-order valence-electron chi connectivity index (χ0n) is 25.8. The van der Waals surface area contributed by atoms with Crippen LogP contribution in [0.15, 0.2) is 54.4 Å². The maximum absolute atomic E-state index is 12.2. The summed E-state index contributed by atoms with van der Waals surface area (Å²) in [7, 11) is 1.34. The molecule has 0 radical (unpaired) electrons. The van der Waals surface area contributed by atoms with Gasteiger partial charge in [-0.3, -0.25) is 9.59 Å². The zero-order valence-corrected chi connectivity index (χ0v) is 26.6. The minimum atomic E-state index is -2.71. The fourth-order valence-corrected chi connectivity index (χ4v) is 5.77. The molecule has 0 aliphatic carbocycles. The van der Waals surface area contributed by atoms with Crippen molar-refractivity contribution in [3.05, 3.63) is 71.2 Å². The molecule has 45 heavy (non-hydrogen) atoms. The Balaban J connectivity index is 1.50. The van der Waals surface area contributed by atoms with Gasteiger partial charge in [0.1, 0.15) is 29.2 Å². The lowest BCUT2D eigenvalue weighted by Gasteiger charge is -2.27. The van der Waals surface area contributed by atoms with Crippen LogP contribution >= 0.6 is 0 Å². The minimum Gasteiger partial charge on any atom is -0.740 e. The molecule has 1 fully saturated rings. The maximum Gasteiger partial charge on any atom is 0.343 e. The Hall–Kier alpha value is -4.36. The number of hydroxylamine groups is 2. The van der Waals surface area contributed by atoms with E-state index >= 15 is 0 Å². The molecular weight excluding hydrogens is 602 g/mol. The van der Waals surface area contributed by atoms with Crippen molar-refractivity contribution in [3.8, 4) is 5.75 Å². The van der Waals surface area contributed by atoms with Crippen LogP contribution in [0, 0.1) is 0 Å². The number of rotatable bonds is 13. The number of aromatic nitrogens is 1. The van der Waals surface area contributed by atoms with E-state index in [0.717, 1.165) is 29.1 Å². The number of anilines is 1. The van der Waals surface area contributed by atoms with Crippen molar-refractivity contribution >= 4 is 46.9 Å². The van der Waals surface area contributed by atoms with Gasteiger partial charge in [0.15, 0.2) is 6.20 Å². The molecule has 1 aromatic heterocycles. The number of methoxy groups -OCH3 is 1. The lowest BCUT2D eigenvalue weighted by molar-refractivity contribution is -0.695. The number of fused-ring (bicyclic) bond motifs is 1.